The van der Waals surface area contributed by atoms with E-state index < -0.39 is 0 Å². The Labute approximate surface area is 102 Å². The zero-order chi connectivity index (χ0) is 12.5. The van der Waals surface area contributed by atoms with Crippen LogP contribution in [-0.4, -0.2) is 22.6 Å². The summed E-state index contributed by atoms with van der Waals surface area (Å²) in [6.45, 7) is 6.75. The third-order valence-corrected chi connectivity index (χ3v) is 4.14. The lowest BCUT2D eigenvalue weighted by Gasteiger charge is -2.41. The molecule has 1 saturated carbocycles. The minimum atomic E-state index is 0.00785. The lowest BCUT2D eigenvalue weighted by atomic mass is 9.67. The fraction of sp³-hybridized carbons (Fsp3) is 0.692. The van der Waals surface area contributed by atoms with Crippen molar-refractivity contribution in [3.63, 3.8) is 0 Å². The van der Waals surface area contributed by atoms with Gasteiger partial charge in [-0.3, -0.25) is 9.89 Å². The van der Waals surface area contributed by atoms with Crippen molar-refractivity contribution in [3.05, 3.63) is 17.0 Å². The van der Waals surface area contributed by atoms with Crippen LogP contribution in [0.1, 0.15) is 54.4 Å². The molecule has 1 aliphatic carbocycles. The van der Waals surface area contributed by atoms with Gasteiger partial charge >= 0.3 is 0 Å². The number of rotatable bonds is 4. The summed E-state index contributed by atoms with van der Waals surface area (Å²) >= 11 is 0. The average molecular weight is 235 g/mol. The number of carbonyl (C=O) groups excluding carboxylic acids is 1. The number of nitrogens with zero attached hydrogens (tertiary/aromatic N) is 1. The van der Waals surface area contributed by atoms with Gasteiger partial charge in [-0.25, -0.2) is 0 Å². The Balaban J connectivity index is 1.98. The van der Waals surface area contributed by atoms with Gasteiger partial charge in [-0.05, 0) is 38.5 Å². The molecule has 1 aromatic heterocycles. The van der Waals surface area contributed by atoms with Gasteiger partial charge in [-0.2, -0.15) is 5.10 Å². The van der Waals surface area contributed by atoms with Crippen LogP contribution in [0.4, 0.5) is 0 Å². The van der Waals surface area contributed by atoms with E-state index in [-0.39, 0.29) is 5.91 Å². The molecule has 0 radical (unpaired) electrons. The van der Waals surface area contributed by atoms with Crippen LogP contribution in [0.15, 0.2) is 0 Å². The lowest BCUT2D eigenvalue weighted by molar-refractivity contribution is 0.0849. The molecule has 1 aliphatic rings. The molecule has 4 heteroatoms. The van der Waals surface area contributed by atoms with Crippen LogP contribution in [0.2, 0.25) is 0 Å². The monoisotopic (exact) mass is 235 g/mol. The molecule has 1 fully saturated rings. The lowest BCUT2D eigenvalue weighted by Crippen LogP contribution is -2.41. The molecule has 1 heterocycles. The van der Waals surface area contributed by atoms with E-state index in [1.165, 1.54) is 19.3 Å². The van der Waals surface area contributed by atoms with E-state index in [2.05, 4.69) is 22.4 Å². The van der Waals surface area contributed by atoms with Gasteiger partial charge in [-0.15, -0.1) is 0 Å². The Morgan fingerprint density at radius 1 is 1.47 bits per heavy atom. The van der Waals surface area contributed by atoms with Gasteiger partial charge in [0, 0.05) is 12.2 Å². The first-order valence-corrected chi connectivity index (χ1v) is 6.38. The van der Waals surface area contributed by atoms with Gasteiger partial charge < -0.3 is 5.32 Å². The second kappa shape index (κ2) is 4.51. The molecule has 0 aromatic carbocycles. The molecule has 1 aromatic rings. The van der Waals surface area contributed by atoms with Crippen LogP contribution >= 0.6 is 0 Å². The van der Waals surface area contributed by atoms with Crippen molar-refractivity contribution in [2.45, 2.75) is 46.5 Å². The Morgan fingerprint density at radius 2 is 2.18 bits per heavy atom. The maximum Gasteiger partial charge on any atom is 0.255 e. The van der Waals surface area contributed by atoms with Gasteiger partial charge in [0.25, 0.3) is 5.91 Å². The van der Waals surface area contributed by atoms with Crippen molar-refractivity contribution in [3.8, 4) is 0 Å². The minimum absolute atomic E-state index is 0.00785. The van der Waals surface area contributed by atoms with Crippen LogP contribution in [0.3, 0.4) is 0 Å². The van der Waals surface area contributed by atoms with Crippen molar-refractivity contribution in [2.75, 3.05) is 6.54 Å². The van der Waals surface area contributed by atoms with Crippen LogP contribution in [0, 0.1) is 19.3 Å². The van der Waals surface area contributed by atoms with Crippen molar-refractivity contribution in [2.24, 2.45) is 5.41 Å². The summed E-state index contributed by atoms with van der Waals surface area (Å²) in [6, 6.07) is 0. The van der Waals surface area contributed by atoms with E-state index >= 15 is 0 Å². The molecule has 0 aliphatic heterocycles. The number of amides is 1. The molecule has 17 heavy (non-hydrogen) atoms. The quantitative estimate of drug-likeness (QED) is 0.841. The van der Waals surface area contributed by atoms with E-state index in [0.717, 1.165) is 24.4 Å². The molecule has 2 N–H and O–H groups in total. The highest BCUT2D eigenvalue weighted by Gasteiger charge is 2.35. The first-order valence-electron chi connectivity index (χ1n) is 6.38. The van der Waals surface area contributed by atoms with Crippen molar-refractivity contribution >= 4 is 5.91 Å². The SMILES string of the molecule is CCC1(CNC(=O)c2c(C)n[nH]c2C)CCC1. The summed E-state index contributed by atoms with van der Waals surface area (Å²) in [5.74, 6) is 0.00785. The zero-order valence-electron chi connectivity index (χ0n) is 10.9. The van der Waals surface area contributed by atoms with Crippen LogP contribution in [0.25, 0.3) is 0 Å². The van der Waals surface area contributed by atoms with E-state index in [0.29, 0.717) is 11.0 Å². The standard InChI is InChI=1S/C13H21N3O/c1-4-13(6-5-7-13)8-14-12(17)11-9(2)15-16-10(11)3/h4-8H2,1-3H3,(H,14,17)(H,15,16). The average Bonchev–Trinajstić information content (AvgIpc) is 2.57. The molecule has 94 valence electrons. The van der Waals surface area contributed by atoms with Gasteiger partial charge in [0.15, 0.2) is 0 Å². The summed E-state index contributed by atoms with van der Waals surface area (Å²) in [4.78, 5) is 12.1. The predicted octanol–water partition coefficient (Wildman–Crippen LogP) is 2.34. The van der Waals surface area contributed by atoms with Crippen LogP contribution in [0.5, 0.6) is 0 Å². The molecular formula is C13H21N3O. The number of hydrogen-bond donors (Lipinski definition) is 2. The van der Waals surface area contributed by atoms with Crippen molar-refractivity contribution < 1.29 is 4.79 Å². The number of H-pyrrole nitrogens is 1. The molecule has 0 spiro atoms. The Morgan fingerprint density at radius 3 is 2.59 bits per heavy atom. The number of carbonyl (C=O) groups is 1. The normalized spacial score (nSPS) is 17.6. The molecule has 1 amide bonds. The Hall–Kier alpha value is -1.32. The number of aromatic nitrogens is 2. The number of aromatic amines is 1. The first-order chi connectivity index (χ1) is 8.08. The zero-order valence-corrected chi connectivity index (χ0v) is 10.9. The van der Waals surface area contributed by atoms with Crippen molar-refractivity contribution in [1.29, 1.82) is 0 Å². The molecule has 0 saturated heterocycles. The van der Waals surface area contributed by atoms with E-state index in [4.69, 9.17) is 0 Å². The van der Waals surface area contributed by atoms with E-state index in [1.54, 1.807) is 0 Å². The van der Waals surface area contributed by atoms with Crippen molar-refractivity contribution in [1.82, 2.24) is 15.5 Å². The third kappa shape index (κ3) is 2.21. The summed E-state index contributed by atoms with van der Waals surface area (Å²) in [5, 5.41) is 9.96. The summed E-state index contributed by atoms with van der Waals surface area (Å²) in [5.41, 5.74) is 2.69. The molecule has 0 atom stereocenters. The number of nitrogens with one attached hydrogen (secondary N) is 2. The fourth-order valence-electron chi connectivity index (χ4n) is 2.57. The highest BCUT2D eigenvalue weighted by molar-refractivity contribution is 5.96. The van der Waals surface area contributed by atoms with Crippen LogP contribution < -0.4 is 5.32 Å². The molecular weight excluding hydrogens is 214 g/mol. The number of aryl methyl sites for hydroxylation is 2. The number of hydrogen-bond acceptors (Lipinski definition) is 2. The Bertz CT molecular complexity index is 393. The second-order valence-corrected chi connectivity index (χ2v) is 5.20. The molecule has 4 nitrogen and oxygen atoms in total. The van der Waals surface area contributed by atoms with Gasteiger partial charge in [-0.1, -0.05) is 13.3 Å². The summed E-state index contributed by atoms with van der Waals surface area (Å²) in [7, 11) is 0. The third-order valence-electron chi connectivity index (χ3n) is 4.14. The van der Waals surface area contributed by atoms with Gasteiger partial charge in [0.1, 0.15) is 0 Å². The highest BCUT2D eigenvalue weighted by Crippen LogP contribution is 2.43. The van der Waals surface area contributed by atoms with Gasteiger partial charge in [0.2, 0.25) is 0 Å². The minimum Gasteiger partial charge on any atom is -0.351 e. The maximum atomic E-state index is 12.1. The molecule has 2 rings (SSSR count). The second-order valence-electron chi connectivity index (χ2n) is 5.20. The summed E-state index contributed by atoms with van der Waals surface area (Å²) in [6.07, 6.45) is 4.93. The molecule has 0 unspecified atom stereocenters. The topological polar surface area (TPSA) is 57.8 Å². The largest absolute Gasteiger partial charge is 0.351 e. The summed E-state index contributed by atoms with van der Waals surface area (Å²) < 4.78 is 0. The van der Waals surface area contributed by atoms with Crippen LogP contribution in [-0.2, 0) is 0 Å². The smallest absolute Gasteiger partial charge is 0.255 e. The van der Waals surface area contributed by atoms with E-state index in [9.17, 15) is 4.79 Å². The maximum absolute atomic E-state index is 12.1. The first kappa shape index (κ1) is 12.1. The predicted molar refractivity (Wildman–Crippen MR) is 67.0 cm³/mol. The highest BCUT2D eigenvalue weighted by atomic mass is 16.1. The van der Waals surface area contributed by atoms with E-state index in [1.807, 2.05) is 13.8 Å². The molecule has 0 bridgehead atoms. The van der Waals surface area contributed by atoms with Gasteiger partial charge in [0.05, 0.1) is 11.3 Å². The Kier molecular flexibility index (Phi) is 3.22. The fourth-order valence-corrected chi connectivity index (χ4v) is 2.57.